The normalized spacial score (nSPS) is 42.9. The number of cyclic esters (lactones) is 1. The standard InChI is InChI=1S/C51H82N2O18/c1-30-18-16-14-12-10-8-6-7-9-11-13-15-17-19-37(70-49-47(65)44(52)46(64)33(4)69-49)25-41-43(48(66)53-50(5,28-54)29-55)40(61)27-51(67,71-41)26-39(60)38(59)21-20-34(56)22-35(57)23-36(58)24-42(62)68-32(3)31(2)45(30)63/h6-19,30-41,43-47,49,54-61,63-65,67H,20-29,52H2,1-5H3,(H,53,66)/b7-6+,10-8+,11-9+,14-12+,15-13+,18-16+,19-17+/t30-,31-,32-,33+,34?,35?,36?,37-,38+,39+,40-,41-,43+,44-,45+,46+,47-,49?,51+/m0/s1. The third kappa shape index (κ3) is 20.4. The molecule has 2 bridgehead atoms. The average molecular weight is 1010 g/mol. The van der Waals surface area contributed by atoms with E-state index in [9.17, 15) is 70.9 Å². The maximum Gasteiger partial charge on any atom is 0.308 e. The van der Waals surface area contributed by atoms with E-state index < -0.39 is 159 Å². The van der Waals surface area contributed by atoms with Crippen LogP contribution in [-0.4, -0.2) is 189 Å². The second-order valence-electron chi connectivity index (χ2n) is 19.6. The Balaban J connectivity index is 1.96. The minimum Gasteiger partial charge on any atom is -0.462 e. The zero-order valence-electron chi connectivity index (χ0n) is 41.4. The van der Waals surface area contributed by atoms with Crippen molar-refractivity contribution in [3.8, 4) is 0 Å². The van der Waals surface area contributed by atoms with Crippen molar-refractivity contribution in [2.45, 2.75) is 189 Å². The molecule has 2 saturated heterocycles. The third-order valence-corrected chi connectivity index (χ3v) is 13.2. The first-order valence-electron chi connectivity index (χ1n) is 24.4. The van der Waals surface area contributed by atoms with E-state index in [1.54, 1.807) is 86.8 Å². The first-order chi connectivity index (χ1) is 33.4. The monoisotopic (exact) mass is 1010 g/mol. The Kier molecular flexibility index (Phi) is 26.1. The minimum atomic E-state index is -2.40. The van der Waals surface area contributed by atoms with E-state index in [1.807, 2.05) is 13.0 Å². The molecule has 20 heteroatoms. The van der Waals surface area contributed by atoms with Crippen molar-refractivity contribution in [2.75, 3.05) is 13.2 Å². The van der Waals surface area contributed by atoms with Crippen LogP contribution in [0.3, 0.4) is 0 Å². The Morgan fingerprint density at radius 1 is 0.704 bits per heavy atom. The lowest BCUT2D eigenvalue weighted by molar-refractivity contribution is -0.308. The van der Waals surface area contributed by atoms with Crippen LogP contribution in [0.4, 0.5) is 0 Å². The number of amides is 1. The van der Waals surface area contributed by atoms with Gasteiger partial charge in [-0.15, -0.1) is 0 Å². The molecule has 0 spiro atoms. The highest BCUT2D eigenvalue weighted by Crippen LogP contribution is 2.38. The van der Waals surface area contributed by atoms with Gasteiger partial charge in [-0.3, -0.25) is 9.59 Å². The van der Waals surface area contributed by atoms with Gasteiger partial charge in [-0.05, 0) is 46.5 Å². The minimum absolute atomic E-state index is 0.159. The highest BCUT2D eigenvalue weighted by molar-refractivity contribution is 5.81. The summed E-state index contributed by atoms with van der Waals surface area (Å²) in [6.45, 7) is 6.72. The van der Waals surface area contributed by atoms with Gasteiger partial charge in [0.1, 0.15) is 12.2 Å². The maximum atomic E-state index is 13.9. The summed E-state index contributed by atoms with van der Waals surface area (Å²) < 4.78 is 23.6. The fourth-order valence-electron chi connectivity index (χ4n) is 8.48. The van der Waals surface area contributed by atoms with E-state index in [0.29, 0.717) is 0 Å². The lowest BCUT2D eigenvalue weighted by atomic mass is 9.81. The summed E-state index contributed by atoms with van der Waals surface area (Å²) in [4.78, 5) is 26.6. The molecular weight excluding hydrogens is 929 g/mol. The van der Waals surface area contributed by atoms with Gasteiger partial charge in [0.25, 0.3) is 0 Å². The highest BCUT2D eigenvalue weighted by Gasteiger charge is 2.52. The summed E-state index contributed by atoms with van der Waals surface area (Å²) in [6, 6.07) is -1.18. The van der Waals surface area contributed by atoms with Crippen LogP contribution in [0.5, 0.6) is 0 Å². The first kappa shape index (κ1) is 61.8. The molecule has 3 aliphatic heterocycles. The molecule has 404 valence electrons. The van der Waals surface area contributed by atoms with Crippen LogP contribution in [-0.2, 0) is 28.5 Å². The number of hydrogen-bond donors (Lipinski definition) is 14. The molecule has 71 heavy (non-hydrogen) atoms. The van der Waals surface area contributed by atoms with Gasteiger partial charge in [0.05, 0.1) is 104 Å². The number of nitrogens with one attached hydrogen (secondary N) is 1. The Bertz CT molecular complexity index is 1820. The van der Waals surface area contributed by atoms with Gasteiger partial charge >= 0.3 is 5.97 Å². The molecule has 19 atom stereocenters. The molecule has 20 nitrogen and oxygen atoms in total. The third-order valence-electron chi connectivity index (χ3n) is 13.2. The van der Waals surface area contributed by atoms with E-state index in [4.69, 9.17) is 24.7 Å². The van der Waals surface area contributed by atoms with Crippen LogP contribution in [0.25, 0.3) is 0 Å². The second kappa shape index (κ2) is 30.0. The number of aliphatic hydroxyl groups is 12. The number of carbonyl (C=O) groups is 2. The van der Waals surface area contributed by atoms with Gasteiger partial charge in [-0.1, -0.05) is 98.9 Å². The summed E-state index contributed by atoms with van der Waals surface area (Å²) in [5, 5.41) is 132. The van der Waals surface area contributed by atoms with E-state index >= 15 is 0 Å². The zero-order valence-corrected chi connectivity index (χ0v) is 41.4. The van der Waals surface area contributed by atoms with Crippen molar-refractivity contribution in [1.29, 1.82) is 0 Å². The molecule has 0 aliphatic carbocycles. The fourth-order valence-corrected chi connectivity index (χ4v) is 8.48. The Morgan fingerprint density at radius 3 is 1.82 bits per heavy atom. The summed E-state index contributed by atoms with van der Waals surface area (Å²) in [7, 11) is 0. The second-order valence-corrected chi connectivity index (χ2v) is 19.6. The molecule has 3 aliphatic rings. The van der Waals surface area contributed by atoms with Crippen molar-refractivity contribution in [3.05, 3.63) is 85.1 Å². The van der Waals surface area contributed by atoms with E-state index in [-0.39, 0.29) is 38.0 Å². The molecule has 0 saturated carbocycles. The van der Waals surface area contributed by atoms with Crippen LogP contribution in [0.2, 0.25) is 0 Å². The van der Waals surface area contributed by atoms with Crippen molar-refractivity contribution in [2.24, 2.45) is 23.5 Å². The van der Waals surface area contributed by atoms with Crippen molar-refractivity contribution < 1.29 is 89.8 Å². The topological polar surface area (TPSA) is 352 Å². The highest BCUT2D eigenvalue weighted by atomic mass is 16.7. The molecule has 3 heterocycles. The number of esters is 1. The fraction of sp³-hybridized carbons (Fsp3) is 0.686. The Morgan fingerprint density at radius 2 is 1.24 bits per heavy atom. The molecule has 0 aromatic carbocycles. The first-order valence-corrected chi connectivity index (χ1v) is 24.4. The van der Waals surface area contributed by atoms with Crippen molar-refractivity contribution in [3.63, 3.8) is 0 Å². The van der Waals surface area contributed by atoms with Gasteiger partial charge in [-0.25, -0.2) is 0 Å². The number of allylic oxidation sites excluding steroid dienone is 12. The summed E-state index contributed by atoms with van der Waals surface area (Å²) in [5.74, 6) is -6.28. The number of aliphatic hydroxyl groups excluding tert-OH is 11. The number of carbonyl (C=O) groups excluding carboxylic acids is 2. The molecule has 15 N–H and O–H groups in total. The SMILES string of the molecule is C[C@@H]1[C@H](O)[C@@H](C)/C=C/C=C/C=C/C=C/C=C/C=C/C=C/[C@H](OC2O[C@H](C)[C@@H](O)[C@H](N)[C@@H]2O)C[C@@H]2O[C@](O)(C[C@@H](O)[C@H](O)CCC(O)CC(O)CC(O)CC(=O)O[C@H]1C)C[C@H](O)[C@H]2C(=O)NC(C)(CO)CO. The van der Waals surface area contributed by atoms with Gasteiger partial charge in [0.15, 0.2) is 12.1 Å². The van der Waals surface area contributed by atoms with Crippen LogP contribution >= 0.6 is 0 Å². The predicted octanol–water partition coefficient (Wildman–Crippen LogP) is -0.513. The molecule has 0 radical (unpaired) electrons. The van der Waals surface area contributed by atoms with Gasteiger partial charge in [0, 0.05) is 31.1 Å². The smallest absolute Gasteiger partial charge is 0.308 e. The number of nitrogens with two attached hydrogens (primary N) is 1. The predicted molar refractivity (Wildman–Crippen MR) is 260 cm³/mol. The van der Waals surface area contributed by atoms with E-state index in [2.05, 4.69) is 5.32 Å². The average Bonchev–Trinajstić information content (AvgIpc) is 3.30. The van der Waals surface area contributed by atoms with Gasteiger partial charge in [0.2, 0.25) is 5.91 Å². The molecule has 4 unspecified atom stereocenters. The number of hydrogen-bond acceptors (Lipinski definition) is 19. The summed E-state index contributed by atoms with van der Waals surface area (Å²) in [6.07, 6.45) is 3.12. The summed E-state index contributed by atoms with van der Waals surface area (Å²) >= 11 is 0. The number of fused-ring (bicyclic) bond motifs is 2. The molecular formula is C51H82N2O18. The number of rotatable bonds is 6. The number of ether oxygens (including phenoxy) is 4. The lowest BCUT2D eigenvalue weighted by Crippen LogP contribution is -2.62. The quantitative estimate of drug-likeness (QED) is 0.149. The Labute approximate surface area is 416 Å². The van der Waals surface area contributed by atoms with Gasteiger partial charge < -0.3 is 91.3 Å². The van der Waals surface area contributed by atoms with Crippen LogP contribution < -0.4 is 11.1 Å². The van der Waals surface area contributed by atoms with Crippen LogP contribution in [0.1, 0.15) is 86.0 Å². The van der Waals surface area contributed by atoms with Crippen LogP contribution in [0.15, 0.2) is 85.1 Å². The summed E-state index contributed by atoms with van der Waals surface area (Å²) in [5.41, 5.74) is 4.54. The lowest BCUT2D eigenvalue weighted by Gasteiger charge is -2.46. The largest absolute Gasteiger partial charge is 0.462 e. The van der Waals surface area contributed by atoms with E-state index in [0.717, 1.165) is 0 Å². The van der Waals surface area contributed by atoms with E-state index in [1.165, 1.54) is 19.9 Å². The maximum absolute atomic E-state index is 13.9. The molecule has 2 fully saturated rings. The molecule has 0 aromatic heterocycles. The molecule has 3 rings (SSSR count). The molecule has 0 aromatic rings. The molecule has 1 amide bonds. The Hall–Kier alpha value is -3.52. The van der Waals surface area contributed by atoms with Crippen LogP contribution in [0, 0.1) is 17.8 Å². The zero-order chi connectivity index (χ0) is 53.1. The van der Waals surface area contributed by atoms with Crippen molar-refractivity contribution >= 4 is 11.9 Å². The van der Waals surface area contributed by atoms with Gasteiger partial charge in [-0.2, -0.15) is 0 Å². The van der Waals surface area contributed by atoms with Crippen molar-refractivity contribution in [1.82, 2.24) is 5.32 Å².